The maximum atomic E-state index is 9.97. The first-order valence-corrected chi connectivity index (χ1v) is 7.20. The smallest absolute Gasteiger partial charge is 0.0594 e. The van der Waals surface area contributed by atoms with Crippen molar-refractivity contribution < 1.29 is 5.11 Å². The summed E-state index contributed by atoms with van der Waals surface area (Å²) in [5, 5.41) is 9.97. The van der Waals surface area contributed by atoms with E-state index in [1.165, 1.54) is 44.1 Å². The predicted octanol–water partition coefficient (Wildman–Crippen LogP) is 4.31. The average molecular weight is 236 g/mol. The average Bonchev–Trinajstić information content (AvgIpc) is 2.18. The van der Waals surface area contributed by atoms with Gasteiger partial charge in [-0.2, -0.15) is 0 Å². The first-order valence-electron chi connectivity index (χ1n) is 7.20. The summed E-state index contributed by atoms with van der Waals surface area (Å²) in [5.41, 5.74) is 1.50. The van der Waals surface area contributed by atoms with E-state index in [1.807, 2.05) is 13.8 Å². The second-order valence-electron chi connectivity index (χ2n) is 7.38. The maximum Gasteiger partial charge on any atom is 0.0594 e. The van der Waals surface area contributed by atoms with E-state index in [-0.39, 0.29) is 0 Å². The van der Waals surface area contributed by atoms with Crippen molar-refractivity contribution in [2.24, 2.45) is 17.3 Å². The van der Waals surface area contributed by atoms with Crippen LogP contribution in [0.15, 0.2) is 12.2 Å². The SMILES string of the molecule is C=C1CCCC2(C)CCC(CC(C)(C)O)CC12. The van der Waals surface area contributed by atoms with E-state index in [1.54, 1.807) is 0 Å². The Morgan fingerprint density at radius 3 is 2.76 bits per heavy atom. The molecular formula is C16H28O. The van der Waals surface area contributed by atoms with Crippen LogP contribution < -0.4 is 0 Å². The Labute approximate surface area is 106 Å². The van der Waals surface area contributed by atoms with Gasteiger partial charge in [0, 0.05) is 0 Å². The van der Waals surface area contributed by atoms with E-state index in [2.05, 4.69) is 13.5 Å². The van der Waals surface area contributed by atoms with Gasteiger partial charge in [0.2, 0.25) is 0 Å². The first kappa shape index (κ1) is 13.1. The van der Waals surface area contributed by atoms with Crippen LogP contribution in [0.4, 0.5) is 0 Å². The van der Waals surface area contributed by atoms with Gasteiger partial charge in [-0.15, -0.1) is 0 Å². The zero-order valence-corrected chi connectivity index (χ0v) is 11.8. The summed E-state index contributed by atoms with van der Waals surface area (Å²) in [6, 6.07) is 0. The third-order valence-corrected chi connectivity index (χ3v) is 5.06. The van der Waals surface area contributed by atoms with Gasteiger partial charge in [0.1, 0.15) is 0 Å². The van der Waals surface area contributed by atoms with Crippen molar-refractivity contribution in [3.05, 3.63) is 12.2 Å². The lowest BCUT2D eigenvalue weighted by molar-refractivity contribution is 0.0125. The summed E-state index contributed by atoms with van der Waals surface area (Å²) in [5.74, 6) is 1.42. The Bertz CT molecular complexity index is 299. The van der Waals surface area contributed by atoms with E-state index in [9.17, 15) is 5.11 Å². The molecule has 2 aliphatic carbocycles. The molecule has 2 fully saturated rings. The Balaban J connectivity index is 2.04. The number of aliphatic hydroxyl groups is 1. The van der Waals surface area contributed by atoms with E-state index >= 15 is 0 Å². The lowest BCUT2D eigenvalue weighted by Gasteiger charge is -2.49. The van der Waals surface area contributed by atoms with Gasteiger partial charge in [-0.25, -0.2) is 0 Å². The van der Waals surface area contributed by atoms with Gasteiger partial charge in [-0.1, -0.05) is 19.1 Å². The Hall–Kier alpha value is -0.300. The summed E-state index contributed by atoms with van der Waals surface area (Å²) >= 11 is 0. The minimum Gasteiger partial charge on any atom is -0.390 e. The maximum absolute atomic E-state index is 9.97. The highest BCUT2D eigenvalue weighted by atomic mass is 16.3. The van der Waals surface area contributed by atoms with Gasteiger partial charge in [0.25, 0.3) is 0 Å². The molecule has 1 N–H and O–H groups in total. The van der Waals surface area contributed by atoms with Crippen LogP contribution in [0, 0.1) is 17.3 Å². The van der Waals surface area contributed by atoms with Gasteiger partial charge in [-0.3, -0.25) is 0 Å². The van der Waals surface area contributed by atoms with E-state index < -0.39 is 5.60 Å². The van der Waals surface area contributed by atoms with Crippen molar-refractivity contribution in [2.75, 3.05) is 0 Å². The molecule has 1 heteroatoms. The van der Waals surface area contributed by atoms with Crippen molar-refractivity contribution >= 4 is 0 Å². The number of rotatable bonds is 2. The Kier molecular flexibility index (Phi) is 3.42. The number of hydrogen-bond acceptors (Lipinski definition) is 1. The molecule has 0 saturated heterocycles. The van der Waals surface area contributed by atoms with E-state index in [0.29, 0.717) is 11.3 Å². The highest BCUT2D eigenvalue weighted by molar-refractivity contribution is 5.12. The fourth-order valence-electron chi connectivity index (χ4n) is 4.19. The lowest BCUT2D eigenvalue weighted by atomic mass is 9.56. The van der Waals surface area contributed by atoms with Crippen molar-refractivity contribution in [1.82, 2.24) is 0 Å². The van der Waals surface area contributed by atoms with Crippen LogP contribution in [0.2, 0.25) is 0 Å². The van der Waals surface area contributed by atoms with E-state index in [4.69, 9.17) is 0 Å². The topological polar surface area (TPSA) is 20.2 Å². The zero-order valence-electron chi connectivity index (χ0n) is 11.8. The fourth-order valence-corrected chi connectivity index (χ4v) is 4.19. The summed E-state index contributed by atoms with van der Waals surface area (Å²) in [6.07, 6.45) is 8.79. The highest BCUT2D eigenvalue weighted by Crippen LogP contribution is 2.54. The molecule has 0 heterocycles. The van der Waals surface area contributed by atoms with Crippen molar-refractivity contribution in [2.45, 2.75) is 71.3 Å². The van der Waals surface area contributed by atoms with Gasteiger partial charge in [0.05, 0.1) is 5.60 Å². The van der Waals surface area contributed by atoms with E-state index in [0.717, 1.165) is 12.3 Å². The molecule has 17 heavy (non-hydrogen) atoms. The van der Waals surface area contributed by atoms with Crippen LogP contribution in [-0.2, 0) is 0 Å². The monoisotopic (exact) mass is 236 g/mol. The molecule has 0 amide bonds. The second-order valence-corrected chi connectivity index (χ2v) is 7.38. The van der Waals surface area contributed by atoms with Gasteiger partial charge >= 0.3 is 0 Å². The standard InChI is InChI=1S/C16H28O/c1-12-6-5-8-16(4)9-7-13(10-14(12)16)11-15(2,3)17/h13-14,17H,1,5-11H2,2-4H3. The van der Waals surface area contributed by atoms with Crippen LogP contribution in [0.5, 0.6) is 0 Å². The molecule has 2 rings (SSSR count). The van der Waals surface area contributed by atoms with Gasteiger partial charge < -0.3 is 5.11 Å². The minimum atomic E-state index is -0.506. The molecule has 0 aromatic carbocycles. The second kappa shape index (κ2) is 4.42. The molecule has 3 atom stereocenters. The van der Waals surface area contributed by atoms with Crippen LogP contribution >= 0.6 is 0 Å². The molecule has 0 aliphatic heterocycles. The molecular weight excluding hydrogens is 208 g/mol. The quantitative estimate of drug-likeness (QED) is 0.708. The molecule has 0 radical (unpaired) electrons. The lowest BCUT2D eigenvalue weighted by Crippen LogP contribution is -2.39. The summed E-state index contributed by atoms with van der Waals surface area (Å²) in [7, 11) is 0. The van der Waals surface area contributed by atoms with Crippen molar-refractivity contribution in [3.63, 3.8) is 0 Å². The summed E-state index contributed by atoms with van der Waals surface area (Å²) in [4.78, 5) is 0. The Morgan fingerprint density at radius 2 is 2.12 bits per heavy atom. The van der Waals surface area contributed by atoms with Crippen LogP contribution in [0.3, 0.4) is 0 Å². The normalized spacial score (nSPS) is 38.9. The number of fused-ring (bicyclic) bond motifs is 1. The van der Waals surface area contributed by atoms with Crippen LogP contribution in [-0.4, -0.2) is 10.7 Å². The van der Waals surface area contributed by atoms with Gasteiger partial charge in [-0.05, 0) is 76.0 Å². The van der Waals surface area contributed by atoms with Crippen LogP contribution in [0.25, 0.3) is 0 Å². The minimum absolute atomic E-state index is 0.506. The third-order valence-electron chi connectivity index (χ3n) is 5.06. The fraction of sp³-hybridized carbons (Fsp3) is 0.875. The third kappa shape index (κ3) is 2.93. The molecule has 98 valence electrons. The molecule has 0 bridgehead atoms. The molecule has 1 nitrogen and oxygen atoms in total. The van der Waals surface area contributed by atoms with Crippen molar-refractivity contribution in [1.29, 1.82) is 0 Å². The summed E-state index contributed by atoms with van der Waals surface area (Å²) in [6.45, 7) is 10.7. The number of allylic oxidation sites excluding steroid dienone is 1. The molecule has 0 spiro atoms. The molecule has 2 saturated carbocycles. The first-order chi connectivity index (χ1) is 7.80. The highest BCUT2D eigenvalue weighted by Gasteiger charge is 2.43. The largest absolute Gasteiger partial charge is 0.390 e. The predicted molar refractivity (Wildman–Crippen MR) is 72.8 cm³/mol. The molecule has 0 aromatic rings. The zero-order chi connectivity index (χ0) is 12.7. The summed E-state index contributed by atoms with van der Waals surface area (Å²) < 4.78 is 0. The molecule has 2 aliphatic rings. The number of hydrogen-bond donors (Lipinski definition) is 1. The molecule has 0 aromatic heterocycles. The van der Waals surface area contributed by atoms with Crippen LogP contribution in [0.1, 0.15) is 65.7 Å². The molecule has 3 unspecified atom stereocenters. The van der Waals surface area contributed by atoms with Gasteiger partial charge in [0.15, 0.2) is 0 Å². The van der Waals surface area contributed by atoms with Crippen molar-refractivity contribution in [3.8, 4) is 0 Å². The Morgan fingerprint density at radius 1 is 1.41 bits per heavy atom.